The summed E-state index contributed by atoms with van der Waals surface area (Å²) in [4.78, 5) is 10.2. The molecule has 1 aromatic rings. The second kappa shape index (κ2) is 6.12. The van der Waals surface area contributed by atoms with Crippen LogP contribution in [0.25, 0.3) is 0 Å². The third-order valence-corrected chi connectivity index (χ3v) is 1.20. The Morgan fingerprint density at radius 2 is 1.53 bits per heavy atom. The number of hydrogen-bond acceptors (Lipinski definition) is 3. The van der Waals surface area contributed by atoms with E-state index in [0.29, 0.717) is 0 Å². The number of carboxylic acids is 1. The third-order valence-electron chi connectivity index (χ3n) is 1.20. The van der Waals surface area contributed by atoms with Gasteiger partial charge in [-0.3, -0.25) is 13.9 Å². The summed E-state index contributed by atoms with van der Waals surface area (Å²) in [7, 11) is -4.67. The van der Waals surface area contributed by atoms with Crippen molar-refractivity contribution in [3.8, 4) is 0 Å². The van der Waals surface area contributed by atoms with Gasteiger partial charge in [-0.25, -0.2) is 0 Å². The third kappa shape index (κ3) is 12.6. The lowest BCUT2D eigenvalue weighted by Gasteiger charge is -1.92. The van der Waals surface area contributed by atoms with E-state index in [-0.39, 0.29) is 6.42 Å². The average Bonchev–Trinajstić information content (AvgIpc) is 2.01. The lowest BCUT2D eigenvalue weighted by Crippen LogP contribution is -1.98. The van der Waals surface area contributed by atoms with Crippen molar-refractivity contribution in [2.75, 3.05) is 0 Å². The Morgan fingerprint density at radius 1 is 1.13 bits per heavy atom. The van der Waals surface area contributed by atoms with Gasteiger partial charge in [0.05, 0.1) is 6.42 Å². The fourth-order valence-corrected chi connectivity index (χ4v) is 0.770. The van der Waals surface area contributed by atoms with E-state index in [1.807, 2.05) is 18.2 Å². The molecule has 0 unspecified atom stereocenters. The van der Waals surface area contributed by atoms with Gasteiger partial charge in [-0.2, -0.15) is 8.42 Å². The maximum atomic E-state index is 10.2. The highest BCUT2D eigenvalue weighted by Crippen LogP contribution is 1.98. The summed E-state index contributed by atoms with van der Waals surface area (Å²) in [6.45, 7) is 0. The molecule has 0 fully saturated rings. The molecule has 6 nitrogen and oxygen atoms in total. The van der Waals surface area contributed by atoms with Crippen LogP contribution in [-0.2, 0) is 21.6 Å². The predicted octanol–water partition coefficient (Wildman–Crippen LogP) is 0.661. The Kier molecular flexibility index (Phi) is 5.53. The molecule has 0 saturated carbocycles. The van der Waals surface area contributed by atoms with Crippen LogP contribution in [0.5, 0.6) is 0 Å². The van der Waals surface area contributed by atoms with Gasteiger partial charge in [0.2, 0.25) is 0 Å². The molecule has 0 atom stereocenters. The maximum Gasteiger partial charge on any atom is 0.394 e. The molecule has 3 N–H and O–H groups in total. The van der Waals surface area contributed by atoms with Crippen molar-refractivity contribution < 1.29 is 27.4 Å². The van der Waals surface area contributed by atoms with Crippen molar-refractivity contribution in [2.45, 2.75) is 6.42 Å². The molecule has 0 bridgehead atoms. The van der Waals surface area contributed by atoms with Gasteiger partial charge in [-0.15, -0.1) is 0 Å². The first-order chi connectivity index (χ1) is 6.79. The van der Waals surface area contributed by atoms with E-state index in [1.54, 1.807) is 12.1 Å². The van der Waals surface area contributed by atoms with Gasteiger partial charge < -0.3 is 5.11 Å². The van der Waals surface area contributed by atoms with Gasteiger partial charge in [0.25, 0.3) is 0 Å². The molecule has 1 aromatic carbocycles. The van der Waals surface area contributed by atoms with Crippen molar-refractivity contribution in [1.82, 2.24) is 0 Å². The summed E-state index contributed by atoms with van der Waals surface area (Å²) in [6.07, 6.45) is 0.112. The number of carboxylic acid groups (broad SMARTS) is 1. The zero-order chi connectivity index (χ0) is 11.9. The SMILES string of the molecule is O=C(O)Cc1ccccc1.O=S(=O)(O)O. The molecule has 0 heterocycles. The molecule has 7 heteroatoms. The highest BCUT2D eigenvalue weighted by atomic mass is 32.3. The zero-order valence-corrected chi connectivity index (χ0v) is 8.38. The number of benzene rings is 1. The molecule has 0 aliphatic carbocycles. The van der Waals surface area contributed by atoms with Gasteiger partial charge in [-0.05, 0) is 5.56 Å². The Hall–Kier alpha value is -1.44. The first-order valence-corrected chi connectivity index (χ1v) is 5.14. The molecule has 0 spiro atoms. The summed E-state index contributed by atoms with van der Waals surface area (Å²) in [6, 6.07) is 9.13. The predicted molar refractivity (Wildman–Crippen MR) is 52.0 cm³/mol. The van der Waals surface area contributed by atoms with Gasteiger partial charge >= 0.3 is 16.4 Å². The summed E-state index contributed by atoms with van der Waals surface area (Å²) in [5.41, 5.74) is 0.843. The molecule has 0 aromatic heterocycles. The molecule has 0 aliphatic heterocycles. The zero-order valence-electron chi connectivity index (χ0n) is 7.57. The van der Waals surface area contributed by atoms with Crippen molar-refractivity contribution in [1.29, 1.82) is 0 Å². The number of rotatable bonds is 2. The summed E-state index contributed by atoms with van der Waals surface area (Å²) >= 11 is 0. The van der Waals surface area contributed by atoms with Crippen LogP contribution in [0.15, 0.2) is 30.3 Å². The standard InChI is InChI=1S/C8H8O2.H2O4S/c9-8(10)6-7-4-2-1-3-5-7;1-5(2,3)4/h1-5H,6H2,(H,9,10);(H2,1,2,3,4). The van der Waals surface area contributed by atoms with Gasteiger partial charge in [0.1, 0.15) is 0 Å². The summed E-state index contributed by atoms with van der Waals surface area (Å²) in [5.74, 6) is -0.786. The molecule has 0 saturated heterocycles. The van der Waals surface area contributed by atoms with Crippen molar-refractivity contribution >= 4 is 16.4 Å². The van der Waals surface area contributed by atoms with Crippen LogP contribution in [0.2, 0.25) is 0 Å². The van der Waals surface area contributed by atoms with Gasteiger partial charge in [0.15, 0.2) is 0 Å². The largest absolute Gasteiger partial charge is 0.481 e. The van der Waals surface area contributed by atoms with Crippen LogP contribution >= 0.6 is 0 Å². The van der Waals surface area contributed by atoms with Crippen LogP contribution in [0.1, 0.15) is 5.56 Å². The minimum absolute atomic E-state index is 0.112. The van der Waals surface area contributed by atoms with E-state index in [4.69, 9.17) is 22.6 Å². The van der Waals surface area contributed by atoms with E-state index in [9.17, 15) is 4.79 Å². The molecule has 0 radical (unpaired) electrons. The molecule has 15 heavy (non-hydrogen) atoms. The van der Waals surface area contributed by atoms with Crippen LogP contribution < -0.4 is 0 Å². The monoisotopic (exact) mass is 234 g/mol. The molecule has 1 rings (SSSR count). The van der Waals surface area contributed by atoms with Crippen molar-refractivity contribution in [3.63, 3.8) is 0 Å². The Morgan fingerprint density at radius 3 is 1.87 bits per heavy atom. The first-order valence-electron chi connectivity index (χ1n) is 3.74. The van der Waals surface area contributed by atoms with Crippen LogP contribution in [0.3, 0.4) is 0 Å². The van der Waals surface area contributed by atoms with Crippen molar-refractivity contribution in [3.05, 3.63) is 35.9 Å². The fraction of sp³-hybridized carbons (Fsp3) is 0.125. The highest BCUT2D eigenvalue weighted by molar-refractivity contribution is 7.79. The second-order valence-electron chi connectivity index (χ2n) is 2.50. The maximum absolute atomic E-state index is 10.2. The quantitative estimate of drug-likeness (QED) is 0.648. The van der Waals surface area contributed by atoms with Crippen LogP contribution in [-0.4, -0.2) is 28.6 Å². The van der Waals surface area contributed by atoms with Crippen molar-refractivity contribution in [2.24, 2.45) is 0 Å². The van der Waals surface area contributed by atoms with Gasteiger partial charge in [-0.1, -0.05) is 30.3 Å². The van der Waals surface area contributed by atoms with Crippen LogP contribution in [0.4, 0.5) is 0 Å². The van der Waals surface area contributed by atoms with E-state index in [1.165, 1.54) is 0 Å². The highest BCUT2D eigenvalue weighted by Gasteiger charge is 1.96. The topological polar surface area (TPSA) is 112 Å². The Balaban J connectivity index is 0.000000336. The van der Waals surface area contributed by atoms with E-state index < -0.39 is 16.4 Å². The molecular formula is C8H10O6S. The first kappa shape index (κ1) is 13.6. The Labute approximate surface area is 86.8 Å². The number of aliphatic carboxylic acids is 1. The number of carbonyl (C=O) groups is 1. The van der Waals surface area contributed by atoms with E-state index in [2.05, 4.69) is 0 Å². The Bertz CT molecular complexity index is 388. The lowest BCUT2D eigenvalue weighted by molar-refractivity contribution is -0.136. The van der Waals surface area contributed by atoms with Gasteiger partial charge in [0, 0.05) is 0 Å². The normalized spacial score (nSPS) is 10.0. The summed E-state index contributed by atoms with van der Waals surface area (Å²) in [5, 5.41) is 8.37. The second-order valence-corrected chi connectivity index (χ2v) is 3.40. The molecule has 84 valence electrons. The average molecular weight is 234 g/mol. The van der Waals surface area contributed by atoms with E-state index in [0.717, 1.165) is 5.56 Å². The minimum Gasteiger partial charge on any atom is -0.481 e. The van der Waals surface area contributed by atoms with E-state index >= 15 is 0 Å². The molecule has 0 aliphatic rings. The molecular weight excluding hydrogens is 224 g/mol. The summed E-state index contributed by atoms with van der Waals surface area (Å²) < 4.78 is 31.6. The smallest absolute Gasteiger partial charge is 0.394 e. The lowest BCUT2D eigenvalue weighted by atomic mass is 10.2. The number of hydrogen-bond donors (Lipinski definition) is 3. The minimum atomic E-state index is -4.67. The van der Waals surface area contributed by atoms with Crippen LogP contribution in [0, 0.1) is 0 Å². The fourth-order valence-electron chi connectivity index (χ4n) is 0.770. The molecule has 0 amide bonds.